The smallest absolute Gasteiger partial charge is 0.457 e. The van der Waals surface area contributed by atoms with Crippen LogP contribution >= 0.6 is 0 Å². The number of carbonyl (C=O) groups excluding carboxylic acids is 2. The summed E-state index contributed by atoms with van der Waals surface area (Å²) < 4.78 is 22.2. The maximum absolute atomic E-state index is 12.5. The van der Waals surface area contributed by atoms with E-state index in [4.69, 9.17) is 18.8 Å². The number of methoxy groups -OCH3 is 1. The topological polar surface area (TPSA) is 83.1 Å². The molecule has 0 aromatic rings. The van der Waals surface area contributed by atoms with Crippen molar-refractivity contribution in [1.29, 1.82) is 0 Å². The number of hydrogen-bond acceptors (Lipinski definition) is 6. The van der Waals surface area contributed by atoms with Crippen LogP contribution in [0.25, 0.3) is 0 Å². The number of carbonyl (C=O) groups is 2. The molecule has 1 heterocycles. The van der Waals surface area contributed by atoms with Crippen LogP contribution in [0.4, 0.5) is 4.79 Å². The molecule has 29 heavy (non-hydrogen) atoms. The molecule has 0 unspecified atom stereocenters. The van der Waals surface area contributed by atoms with E-state index >= 15 is 0 Å². The molecular formula is C21H38BNO6. The molecule has 0 saturated carbocycles. The van der Waals surface area contributed by atoms with Crippen molar-refractivity contribution >= 4 is 19.2 Å². The van der Waals surface area contributed by atoms with E-state index in [-0.39, 0.29) is 24.7 Å². The van der Waals surface area contributed by atoms with Crippen LogP contribution in [0.2, 0.25) is 6.32 Å². The summed E-state index contributed by atoms with van der Waals surface area (Å²) in [4.78, 5) is 24.7. The SMILES string of the molecule is C=CC[C@@](CCCCB1OC(C)(C)C(C)(C)O1)(NC(=O)OCCCC)C(=O)OC. The maximum Gasteiger partial charge on any atom is 0.457 e. The van der Waals surface area contributed by atoms with Gasteiger partial charge in [0.15, 0.2) is 0 Å². The molecule has 166 valence electrons. The van der Waals surface area contributed by atoms with Gasteiger partial charge in [-0.15, -0.1) is 6.58 Å². The van der Waals surface area contributed by atoms with Gasteiger partial charge in [0.2, 0.25) is 0 Å². The highest BCUT2D eigenvalue weighted by molar-refractivity contribution is 6.45. The van der Waals surface area contributed by atoms with Crippen molar-refractivity contribution < 1.29 is 28.4 Å². The van der Waals surface area contributed by atoms with Gasteiger partial charge >= 0.3 is 19.2 Å². The second-order valence-electron chi connectivity index (χ2n) is 8.61. The standard InChI is InChI=1S/C21H38BNO6/c1-8-10-16-27-18(25)23-21(13-9-2,17(24)26-7)14-11-12-15-22-28-19(3,4)20(5,6)29-22/h9H,2,8,10-16H2,1,3-7H3,(H,23,25)/t21-/m0/s1. The first kappa shape index (κ1) is 25.5. The zero-order valence-corrected chi connectivity index (χ0v) is 19.0. The predicted molar refractivity (Wildman–Crippen MR) is 114 cm³/mol. The monoisotopic (exact) mass is 411 g/mol. The molecule has 8 heteroatoms. The number of rotatable bonds is 12. The van der Waals surface area contributed by atoms with E-state index in [0.717, 1.165) is 19.3 Å². The fourth-order valence-corrected chi connectivity index (χ4v) is 3.26. The van der Waals surface area contributed by atoms with Crippen molar-refractivity contribution in [1.82, 2.24) is 5.32 Å². The molecule has 1 atom stereocenters. The van der Waals surface area contributed by atoms with Crippen LogP contribution in [0.1, 0.15) is 73.1 Å². The molecule has 1 rings (SSSR count). The summed E-state index contributed by atoms with van der Waals surface area (Å²) in [7, 11) is 1.04. The Morgan fingerprint density at radius 3 is 2.28 bits per heavy atom. The molecule has 0 aliphatic carbocycles. The van der Waals surface area contributed by atoms with Gasteiger partial charge in [-0.2, -0.15) is 0 Å². The Balaban J connectivity index is 2.66. The average Bonchev–Trinajstić information content (AvgIpc) is 2.85. The van der Waals surface area contributed by atoms with Gasteiger partial charge in [-0.1, -0.05) is 32.3 Å². The number of esters is 1. The number of nitrogens with one attached hydrogen (secondary N) is 1. The van der Waals surface area contributed by atoms with E-state index in [9.17, 15) is 9.59 Å². The Hall–Kier alpha value is -1.54. The number of unbranched alkanes of at least 4 members (excludes halogenated alkanes) is 2. The minimum Gasteiger partial charge on any atom is -0.467 e. The van der Waals surface area contributed by atoms with Gasteiger partial charge in [0.25, 0.3) is 0 Å². The quantitative estimate of drug-likeness (QED) is 0.224. The lowest BCUT2D eigenvalue weighted by Gasteiger charge is -2.32. The highest BCUT2D eigenvalue weighted by Gasteiger charge is 2.50. The molecule has 0 radical (unpaired) electrons. The maximum atomic E-state index is 12.5. The van der Waals surface area contributed by atoms with Crippen molar-refractivity contribution in [3.8, 4) is 0 Å². The van der Waals surface area contributed by atoms with Crippen molar-refractivity contribution in [2.24, 2.45) is 0 Å². The van der Waals surface area contributed by atoms with Gasteiger partial charge in [-0.3, -0.25) is 0 Å². The lowest BCUT2D eigenvalue weighted by Crippen LogP contribution is -2.55. The summed E-state index contributed by atoms with van der Waals surface area (Å²) >= 11 is 0. The minimum atomic E-state index is -1.18. The summed E-state index contributed by atoms with van der Waals surface area (Å²) in [6.45, 7) is 14.1. The van der Waals surface area contributed by atoms with Gasteiger partial charge in [0.05, 0.1) is 24.9 Å². The van der Waals surface area contributed by atoms with Crippen LogP contribution in [0.15, 0.2) is 12.7 Å². The van der Waals surface area contributed by atoms with Gasteiger partial charge in [0, 0.05) is 0 Å². The summed E-state index contributed by atoms with van der Waals surface area (Å²) in [5.74, 6) is -0.500. The van der Waals surface area contributed by atoms with Gasteiger partial charge in [-0.25, -0.2) is 9.59 Å². The van der Waals surface area contributed by atoms with Gasteiger partial charge in [-0.05, 0) is 53.3 Å². The molecule has 0 bridgehead atoms. The van der Waals surface area contributed by atoms with Crippen molar-refractivity contribution in [3.63, 3.8) is 0 Å². The molecule has 1 aliphatic rings. The zero-order valence-electron chi connectivity index (χ0n) is 19.0. The number of ether oxygens (including phenoxy) is 2. The normalized spacial score (nSPS) is 19.3. The van der Waals surface area contributed by atoms with Crippen LogP contribution in [0, 0.1) is 0 Å². The Morgan fingerprint density at radius 1 is 1.14 bits per heavy atom. The number of alkyl carbamates (subject to hydrolysis) is 1. The van der Waals surface area contributed by atoms with E-state index in [1.54, 1.807) is 6.08 Å². The third kappa shape index (κ3) is 7.03. The molecule has 0 spiro atoms. The molecule has 0 aromatic carbocycles. The molecule has 7 nitrogen and oxygen atoms in total. The summed E-state index contributed by atoms with van der Waals surface area (Å²) in [6, 6.07) is 0. The molecule has 1 aliphatic heterocycles. The first-order valence-electron chi connectivity index (χ1n) is 10.5. The van der Waals surface area contributed by atoms with E-state index in [1.165, 1.54) is 7.11 Å². The Kier molecular flexibility index (Phi) is 9.69. The van der Waals surface area contributed by atoms with Crippen LogP contribution < -0.4 is 5.32 Å². The highest BCUT2D eigenvalue weighted by Crippen LogP contribution is 2.38. The highest BCUT2D eigenvalue weighted by atomic mass is 16.7. The van der Waals surface area contributed by atoms with Crippen LogP contribution in [-0.4, -0.2) is 49.6 Å². The van der Waals surface area contributed by atoms with Crippen LogP contribution in [-0.2, 0) is 23.6 Å². The molecule has 1 saturated heterocycles. The number of amides is 1. The molecule has 1 N–H and O–H groups in total. The second kappa shape index (κ2) is 11.0. The third-order valence-electron chi connectivity index (χ3n) is 5.74. The van der Waals surface area contributed by atoms with E-state index in [0.29, 0.717) is 25.8 Å². The van der Waals surface area contributed by atoms with Gasteiger partial charge < -0.3 is 24.1 Å². The van der Waals surface area contributed by atoms with E-state index in [1.807, 2.05) is 34.6 Å². The average molecular weight is 411 g/mol. The Morgan fingerprint density at radius 2 is 1.76 bits per heavy atom. The van der Waals surface area contributed by atoms with E-state index < -0.39 is 17.6 Å². The Bertz CT molecular complexity index is 549. The third-order valence-corrected chi connectivity index (χ3v) is 5.74. The fraction of sp³-hybridized carbons (Fsp3) is 0.810. The molecular weight excluding hydrogens is 373 g/mol. The summed E-state index contributed by atoms with van der Waals surface area (Å²) in [6.07, 6.45) is 5.53. The Labute approximate surface area is 176 Å². The van der Waals surface area contributed by atoms with Crippen LogP contribution in [0.3, 0.4) is 0 Å². The first-order valence-corrected chi connectivity index (χ1v) is 10.5. The van der Waals surface area contributed by atoms with Gasteiger partial charge in [0.1, 0.15) is 5.54 Å². The minimum absolute atomic E-state index is 0.263. The second-order valence-corrected chi connectivity index (χ2v) is 8.61. The lowest BCUT2D eigenvalue weighted by atomic mass is 9.80. The van der Waals surface area contributed by atoms with Crippen molar-refractivity contribution in [2.45, 2.75) is 96.2 Å². The predicted octanol–water partition coefficient (Wildman–Crippen LogP) is 4.26. The van der Waals surface area contributed by atoms with Crippen LogP contribution in [0.5, 0.6) is 0 Å². The molecule has 1 amide bonds. The summed E-state index contributed by atoms with van der Waals surface area (Å²) in [5.41, 5.74) is -1.91. The zero-order chi connectivity index (χ0) is 22.1. The van der Waals surface area contributed by atoms with Crippen molar-refractivity contribution in [3.05, 3.63) is 12.7 Å². The molecule has 0 aromatic heterocycles. The lowest BCUT2D eigenvalue weighted by molar-refractivity contribution is -0.148. The van der Waals surface area contributed by atoms with E-state index in [2.05, 4.69) is 11.9 Å². The largest absolute Gasteiger partial charge is 0.467 e. The summed E-state index contributed by atoms with van der Waals surface area (Å²) in [5, 5.41) is 2.73. The fourth-order valence-electron chi connectivity index (χ4n) is 3.26. The van der Waals surface area contributed by atoms with Crippen molar-refractivity contribution in [2.75, 3.05) is 13.7 Å². The molecule has 1 fully saturated rings. The number of hydrogen-bond donors (Lipinski definition) is 1. The first-order chi connectivity index (χ1) is 13.5.